The van der Waals surface area contributed by atoms with E-state index in [-0.39, 0.29) is 5.54 Å². The van der Waals surface area contributed by atoms with Crippen molar-refractivity contribution in [3.63, 3.8) is 0 Å². The Kier molecular flexibility index (Phi) is 2.35. The van der Waals surface area contributed by atoms with Gasteiger partial charge in [-0.25, -0.2) is 9.97 Å². The van der Waals surface area contributed by atoms with Gasteiger partial charge < -0.3 is 15.0 Å². The molecule has 1 aliphatic rings. The molecule has 1 aliphatic heterocycles. The number of nitrogens with two attached hydrogens (primary N) is 1. The second-order valence-corrected chi connectivity index (χ2v) is 5.30. The number of hydrogen-bond donors (Lipinski definition) is 1. The van der Waals surface area contributed by atoms with Gasteiger partial charge in [0.05, 0.1) is 17.5 Å². The minimum atomic E-state index is -0.0304. The van der Waals surface area contributed by atoms with Crippen LogP contribution in [0.15, 0.2) is 6.33 Å². The number of hydrogen-bond acceptors (Lipinski definition) is 4. The molecule has 1 atom stereocenters. The van der Waals surface area contributed by atoms with Crippen molar-refractivity contribution in [1.82, 2.24) is 14.5 Å². The first kappa shape index (κ1) is 11.5. The van der Waals surface area contributed by atoms with E-state index in [0.29, 0.717) is 5.82 Å². The van der Waals surface area contributed by atoms with Crippen LogP contribution in [0.5, 0.6) is 0 Å². The summed E-state index contributed by atoms with van der Waals surface area (Å²) in [6.45, 7) is 7.92. The highest BCUT2D eigenvalue weighted by Crippen LogP contribution is 2.36. The van der Waals surface area contributed by atoms with Crippen LogP contribution in [0.1, 0.15) is 24.6 Å². The Balaban J connectivity index is 2.36. The molecule has 3 heterocycles. The van der Waals surface area contributed by atoms with Gasteiger partial charge in [0.1, 0.15) is 17.8 Å². The summed E-state index contributed by atoms with van der Waals surface area (Å²) in [6.07, 6.45) is 2.53. The average Bonchev–Trinajstić information content (AvgIpc) is 2.85. The van der Waals surface area contributed by atoms with Crippen molar-refractivity contribution in [3.8, 4) is 0 Å². The van der Waals surface area contributed by atoms with E-state index in [9.17, 15) is 0 Å². The lowest BCUT2D eigenvalue weighted by atomic mass is 10.0. The van der Waals surface area contributed by atoms with Crippen molar-refractivity contribution in [3.05, 3.63) is 17.6 Å². The minimum absolute atomic E-state index is 0.0304. The van der Waals surface area contributed by atoms with Crippen molar-refractivity contribution in [1.29, 1.82) is 0 Å². The molecule has 0 aliphatic carbocycles. The van der Waals surface area contributed by atoms with Crippen molar-refractivity contribution >= 4 is 16.9 Å². The van der Waals surface area contributed by atoms with Crippen LogP contribution in [0.25, 0.3) is 11.0 Å². The molecule has 2 aromatic heterocycles. The topological polar surface area (TPSA) is 66.0 Å². The number of nitrogen functional groups attached to an aromatic ring is 1. The molecule has 0 saturated carbocycles. The van der Waals surface area contributed by atoms with Crippen LogP contribution in [-0.4, -0.2) is 27.7 Å². The predicted molar refractivity (Wildman–Crippen MR) is 70.5 cm³/mol. The summed E-state index contributed by atoms with van der Waals surface area (Å²) in [5, 5.41) is 0.975. The summed E-state index contributed by atoms with van der Waals surface area (Å²) in [4.78, 5) is 8.52. The Morgan fingerprint density at radius 1 is 1.39 bits per heavy atom. The standard InChI is InChI=1S/C13H18N4O/c1-8-9(2)17(13(3)4-5-18-6-13)12-10(8)11(14)15-7-16-12/h7H,4-6H2,1-3H3,(H2,14,15,16). The fourth-order valence-corrected chi connectivity index (χ4v) is 2.92. The molecular weight excluding hydrogens is 228 g/mol. The highest BCUT2D eigenvalue weighted by molar-refractivity contribution is 5.91. The van der Waals surface area contributed by atoms with Gasteiger partial charge in [0.15, 0.2) is 0 Å². The van der Waals surface area contributed by atoms with Crippen LogP contribution in [-0.2, 0) is 10.3 Å². The van der Waals surface area contributed by atoms with E-state index >= 15 is 0 Å². The second-order valence-electron chi connectivity index (χ2n) is 5.30. The maximum atomic E-state index is 5.99. The van der Waals surface area contributed by atoms with E-state index in [1.165, 1.54) is 12.0 Å². The molecule has 2 aromatic rings. The predicted octanol–water partition coefficient (Wildman–Crippen LogP) is 1.77. The van der Waals surface area contributed by atoms with E-state index in [1.807, 2.05) is 0 Å². The zero-order valence-corrected chi connectivity index (χ0v) is 11.0. The molecule has 96 valence electrons. The summed E-state index contributed by atoms with van der Waals surface area (Å²) < 4.78 is 7.83. The number of aromatic nitrogens is 3. The van der Waals surface area contributed by atoms with Gasteiger partial charge >= 0.3 is 0 Å². The van der Waals surface area contributed by atoms with Crippen LogP contribution < -0.4 is 5.73 Å². The second kappa shape index (κ2) is 3.68. The highest BCUT2D eigenvalue weighted by atomic mass is 16.5. The molecule has 5 nitrogen and oxygen atoms in total. The zero-order valence-electron chi connectivity index (χ0n) is 11.0. The quantitative estimate of drug-likeness (QED) is 0.832. The molecule has 2 N–H and O–H groups in total. The maximum absolute atomic E-state index is 5.99. The SMILES string of the molecule is Cc1c(C)n(C2(C)CCOC2)c2ncnc(N)c12. The lowest BCUT2D eigenvalue weighted by Crippen LogP contribution is -2.31. The fraction of sp³-hybridized carbons (Fsp3) is 0.538. The zero-order chi connectivity index (χ0) is 12.9. The van der Waals surface area contributed by atoms with Gasteiger partial charge in [-0.3, -0.25) is 0 Å². The summed E-state index contributed by atoms with van der Waals surface area (Å²) in [5.41, 5.74) is 9.24. The average molecular weight is 246 g/mol. The summed E-state index contributed by atoms with van der Waals surface area (Å²) in [6, 6.07) is 0. The molecule has 0 aromatic carbocycles. The fourth-order valence-electron chi connectivity index (χ4n) is 2.92. The molecule has 0 spiro atoms. The molecule has 0 bridgehead atoms. The maximum Gasteiger partial charge on any atom is 0.146 e. The minimum Gasteiger partial charge on any atom is -0.383 e. The summed E-state index contributed by atoms with van der Waals surface area (Å²) >= 11 is 0. The lowest BCUT2D eigenvalue weighted by molar-refractivity contribution is 0.162. The molecule has 0 amide bonds. The third-order valence-corrected chi connectivity index (χ3v) is 4.06. The Morgan fingerprint density at radius 3 is 2.83 bits per heavy atom. The number of rotatable bonds is 1. The Hall–Kier alpha value is -1.62. The van der Waals surface area contributed by atoms with Gasteiger partial charge in [0.25, 0.3) is 0 Å². The Labute approximate surface area is 106 Å². The van der Waals surface area contributed by atoms with Crippen LogP contribution in [0.3, 0.4) is 0 Å². The Morgan fingerprint density at radius 2 is 2.17 bits per heavy atom. The molecule has 1 unspecified atom stereocenters. The van der Waals surface area contributed by atoms with Crippen molar-refractivity contribution < 1.29 is 4.74 Å². The summed E-state index contributed by atoms with van der Waals surface area (Å²) in [7, 11) is 0. The number of aryl methyl sites for hydroxylation is 1. The number of anilines is 1. The van der Waals surface area contributed by atoms with Gasteiger partial charge in [0.2, 0.25) is 0 Å². The van der Waals surface area contributed by atoms with E-state index in [2.05, 4.69) is 35.3 Å². The normalized spacial score (nSPS) is 23.9. The van der Waals surface area contributed by atoms with Gasteiger partial charge in [-0.15, -0.1) is 0 Å². The van der Waals surface area contributed by atoms with E-state index in [0.717, 1.165) is 36.2 Å². The molecule has 18 heavy (non-hydrogen) atoms. The molecule has 1 fully saturated rings. The number of ether oxygens (including phenoxy) is 1. The third-order valence-electron chi connectivity index (χ3n) is 4.06. The first-order valence-corrected chi connectivity index (χ1v) is 6.21. The third kappa shape index (κ3) is 1.37. The molecular formula is C13H18N4O. The van der Waals surface area contributed by atoms with Crippen LogP contribution in [0, 0.1) is 13.8 Å². The van der Waals surface area contributed by atoms with E-state index < -0.39 is 0 Å². The lowest BCUT2D eigenvalue weighted by Gasteiger charge is -2.27. The smallest absolute Gasteiger partial charge is 0.146 e. The highest BCUT2D eigenvalue weighted by Gasteiger charge is 2.35. The Bertz CT molecular complexity index is 611. The van der Waals surface area contributed by atoms with Gasteiger partial charge in [-0.1, -0.05) is 0 Å². The van der Waals surface area contributed by atoms with Crippen LogP contribution in [0.2, 0.25) is 0 Å². The largest absolute Gasteiger partial charge is 0.383 e. The van der Waals surface area contributed by atoms with Crippen molar-refractivity contribution in [2.45, 2.75) is 32.7 Å². The first-order chi connectivity index (χ1) is 8.54. The van der Waals surface area contributed by atoms with E-state index in [4.69, 9.17) is 10.5 Å². The summed E-state index contributed by atoms with van der Waals surface area (Å²) in [5.74, 6) is 0.557. The molecule has 0 radical (unpaired) electrons. The van der Waals surface area contributed by atoms with Gasteiger partial charge in [0, 0.05) is 12.3 Å². The van der Waals surface area contributed by atoms with Gasteiger partial charge in [-0.2, -0.15) is 0 Å². The number of nitrogens with zero attached hydrogens (tertiary/aromatic N) is 3. The van der Waals surface area contributed by atoms with Crippen LogP contribution in [0.4, 0.5) is 5.82 Å². The molecule has 1 saturated heterocycles. The monoisotopic (exact) mass is 246 g/mol. The molecule has 5 heteroatoms. The van der Waals surface area contributed by atoms with Crippen LogP contribution >= 0.6 is 0 Å². The van der Waals surface area contributed by atoms with E-state index in [1.54, 1.807) is 0 Å². The number of fused-ring (bicyclic) bond motifs is 1. The van der Waals surface area contributed by atoms with Crippen molar-refractivity contribution in [2.24, 2.45) is 0 Å². The molecule has 3 rings (SSSR count). The van der Waals surface area contributed by atoms with Gasteiger partial charge in [-0.05, 0) is 32.8 Å². The first-order valence-electron chi connectivity index (χ1n) is 6.21. The van der Waals surface area contributed by atoms with Crippen molar-refractivity contribution in [2.75, 3.05) is 18.9 Å².